The second-order valence-electron chi connectivity index (χ2n) is 6.19. The first-order chi connectivity index (χ1) is 12.8. The van der Waals surface area contributed by atoms with Gasteiger partial charge in [-0.3, -0.25) is 0 Å². The molecule has 0 atom stereocenters. The number of aliphatic hydroxyl groups is 1. The molecule has 0 bridgehead atoms. The van der Waals surface area contributed by atoms with Crippen molar-refractivity contribution in [3.8, 4) is 16.8 Å². The normalized spacial score (nSPS) is 11.0. The molecular weight excluding hydrogens is 324 g/mol. The van der Waals surface area contributed by atoms with Crippen LogP contribution < -0.4 is 5.32 Å². The van der Waals surface area contributed by atoms with Gasteiger partial charge in [-0.05, 0) is 24.6 Å². The molecule has 0 aliphatic carbocycles. The van der Waals surface area contributed by atoms with Gasteiger partial charge in [0, 0.05) is 24.0 Å². The van der Waals surface area contributed by atoms with Crippen LogP contribution in [0, 0.1) is 6.92 Å². The molecule has 0 saturated heterocycles. The Morgan fingerprint density at radius 1 is 1.00 bits per heavy atom. The Hall–Kier alpha value is -3.18. The fourth-order valence-corrected chi connectivity index (χ4v) is 3.11. The maximum absolute atomic E-state index is 9.18. The quantitative estimate of drug-likeness (QED) is 0.578. The van der Waals surface area contributed by atoms with Gasteiger partial charge in [0.1, 0.15) is 12.1 Å². The number of benzene rings is 2. The zero-order valence-electron chi connectivity index (χ0n) is 14.6. The first-order valence-electron chi connectivity index (χ1n) is 8.61. The van der Waals surface area contributed by atoms with Gasteiger partial charge in [0.2, 0.25) is 0 Å². The van der Waals surface area contributed by atoms with E-state index in [0.29, 0.717) is 6.54 Å². The molecule has 2 heterocycles. The zero-order valence-corrected chi connectivity index (χ0v) is 14.6. The summed E-state index contributed by atoms with van der Waals surface area (Å²) in [5.41, 5.74) is 5.26. The monoisotopic (exact) mass is 344 g/mol. The highest BCUT2D eigenvalue weighted by molar-refractivity contribution is 6.02. The molecule has 2 aromatic heterocycles. The van der Waals surface area contributed by atoms with Gasteiger partial charge < -0.3 is 15.0 Å². The number of anilines is 1. The van der Waals surface area contributed by atoms with Gasteiger partial charge in [-0.1, -0.05) is 48.0 Å². The van der Waals surface area contributed by atoms with Crippen molar-refractivity contribution in [2.45, 2.75) is 6.92 Å². The highest BCUT2D eigenvalue weighted by Crippen LogP contribution is 2.35. The van der Waals surface area contributed by atoms with Gasteiger partial charge in [0.15, 0.2) is 5.65 Å². The number of aliphatic hydroxyl groups excluding tert-OH is 1. The lowest BCUT2D eigenvalue weighted by molar-refractivity contribution is 0.311. The van der Waals surface area contributed by atoms with Crippen LogP contribution in [0.2, 0.25) is 0 Å². The first-order valence-corrected chi connectivity index (χ1v) is 8.61. The Labute approximate surface area is 152 Å². The largest absolute Gasteiger partial charge is 0.395 e. The molecule has 0 aliphatic heterocycles. The molecule has 0 amide bonds. The summed E-state index contributed by atoms with van der Waals surface area (Å²) in [5.74, 6) is 0.730. The summed E-state index contributed by atoms with van der Waals surface area (Å²) in [7, 11) is 0. The summed E-state index contributed by atoms with van der Waals surface area (Å²) >= 11 is 0. The highest BCUT2D eigenvalue weighted by atomic mass is 16.3. The summed E-state index contributed by atoms with van der Waals surface area (Å²) in [6.45, 7) is 2.56. The van der Waals surface area contributed by atoms with Gasteiger partial charge in [-0.15, -0.1) is 0 Å². The lowest BCUT2D eigenvalue weighted by atomic mass is 10.1. The number of hydrogen-bond acceptors (Lipinski definition) is 4. The van der Waals surface area contributed by atoms with E-state index >= 15 is 0 Å². The Morgan fingerprint density at radius 3 is 2.50 bits per heavy atom. The van der Waals surface area contributed by atoms with E-state index < -0.39 is 0 Å². The van der Waals surface area contributed by atoms with Gasteiger partial charge in [-0.25, -0.2) is 9.97 Å². The predicted molar refractivity (Wildman–Crippen MR) is 105 cm³/mol. The van der Waals surface area contributed by atoms with Crippen molar-refractivity contribution in [1.29, 1.82) is 0 Å². The molecule has 4 rings (SSSR count). The molecule has 0 unspecified atom stereocenters. The molecule has 5 nitrogen and oxygen atoms in total. The van der Waals surface area contributed by atoms with Crippen LogP contribution in [-0.4, -0.2) is 32.8 Å². The van der Waals surface area contributed by atoms with E-state index in [1.54, 1.807) is 6.33 Å². The standard InChI is InChI=1S/C21H20N4O/c1-15-7-9-17(10-8-15)25-13-18(16-5-3-2-4-6-16)19-20(22-11-12-26)23-14-24-21(19)25/h2-10,13-14,26H,11-12H2,1H3,(H,22,23,24). The molecule has 0 aliphatic rings. The molecule has 0 saturated carbocycles. The minimum Gasteiger partial charge on any atom is -0.395 e. The molecular formula is C21H20N4O. The number of fused-ring (bicyclic) bond motifs is 1. The fraction of sp³-hybridized carbons (Fsp3) is 0.143. The summed E-state index contributed by atoms with van der Waals surface area (Å²) in [4.78, 5) is 8.95. The van der Waals surface area contributed by atoms with Crippen LogP contribution in [0.15, 0.2) is 67.1 Å². The molecule has 0 spiro atoms. The number of nitrogens with zero attached hydrogens (tertiary/aromatic N) is 3. The van der Waals surface area contributed by atoms with Crippen molar-refractivity contribution in [3.05, 3.63) is 72.7 Å². The average molecular weight is 344 g/mol. The average Bonchev–Trinajstić information content (AvgIpc) is 3.08. The van der Waals surface area contributed by atoms with E-state index in [1.165, 1.54) is 5.56 Å². The topological polar surface area (TPSA) is 63.0 Å². The van der Waals surface area contributed by atoms with Crippen molar-refractivity contribution in [3.63, 3.8) is 0 Å². The van der Waals surface area contributed by atoms with Crippen LogP contribution in [0.1, 0.15) is 5.56 Å². The van der Waals surface area contributed by atoms with Crippen molar-refractivity contribution in [2.24, 2.45) is 0 Å². The molecule has 2 aromatic carbocycles. The minimum absolute atomic E-state index is 0.0465. The third-order valence-corrected chi connectivity index (χ3v) is 4.38. The Bertz CT molecular complexity index is 1020. The Morgan fingerprint density at radius 2 is 1.77 bits per heavy atom. The van der Waals surface area contributed by atoms with Crippen LogP contribution in [-0.2, 0) is 0 Å². The third kappa shape index (κ3) is 2.93. The van der Waals surface area contributed by atoms with E-state index in [0.717, 1.165) is 33.7 Å². The van der Waals surface area contributed by atoms with Crippen LogP contribution in [0.3, 0.4) is 0 Å². The molecule has 2 N–H and O–H groups in total. The van der Waals surface area contributed by atoms with E-state index in [-0.39, 0.29) is 6.61 Å². The van der Waals surface area contributed by atoms with E-state index in [4.69, 9.17) is 0 Å². The summed E-state index contributed by atoms with van der Waals surface area (Å²) in [5, 5.41) is 13.3. The summed E-state index contributed by atoms with van der Waals surface area (Å²) in [6.07, 6.45) is 3.66. The lowest BCUT2D eigenvalue weighted by Crippen LogP contribution is -2.07. The molecule has 5 heteroatoms. The molecule has 26 heavy (non-hydrogen) atoms. The van der Waals surface area contributed by atoms with Gasteiger partial charge in [0.25, 0.3) is 0 Å². The van der Waals surface area contributed by atoms with Crippen LogP contribution >= 0.6 is 0 Å². The number of rotatable bonds is 5. The first kappa shape index (κ1) is 16.3. The fourth-order valence-electron chi connectivity index (χ4n) is 3.11. The SMILES string of the molecule is Cc1ccc(-n2cc(-c3ccccc3)c3c(NCCO)ncnc32)cc1. The maximum Gasteiger partial charge on any atom is 0.150 e. The lowest BCUT2D eigenvalue weighted by Gasteiger charge is -2.08. The summed E-state index contributed by atoms with van der Waals surface area (Å²) < 4.78 is 2.09. The molecule has 0 fully saturated rings. The van der Waals surface area contributed by atoms with E-state index in [9.17, 15) is 5.11 Å². The second-order valence-corrected chi connectivity index (χ2v) is 6.19. The number of aromatic nitrogens is 3. The Balaban J connectivity index is 1.98. The van der Waals surface area contributed by atoms with Crippen LogP contribution in [0.4, 0.5) is 5.82 Å². The van der Waals surface area contributed by atoms with E-state index in [2.05, 4.69) is 69.4 Å². The second kappa shape index (κ2) is 6.98. The third-order valence-electron chi connectivity index (χ3n) is 4.38. The molecule has 4 aromatic rings. The number of nitrogens with one attached hydrogen (secondary N) is 1. The van der Waals surface area contributed by atoms with Crippen molar-refractivity contribution >= 4 is 16.9 Å². The molecule has 0 radical (unpaired) electrons. The van der Waals surface area contributed by atoms with Crippen molar-refractivity contribution in [1.82, 2.24) is 14.5 Å². The van der Waals surface area contributed by atoms with Crippen molar-refractivity contribution in [2.75, 3.05) is 18.5 Å². The molecule has 130 valence electrons. The van der Waals surface area contributed by atoms with Gasteiger partial charge in [0.05, 0.1) is 12.0 Å². The van der Waals surface area contributed by atoms with Crippen molar-refractivity contribution < 1.29 is 5.11 Å². The minimum atomic E-state index is 0.0465. The number of aryl methyl sites for hydroxylation is 1. The van der Waals surface area contributed by atoms with Gasteiger partial charge in [-0.2, -0.15) is 0 Å². The van der Waals surface area contributed by atoms with Gasteiger partial charge >= 0.3 is 0 Å². The maximum atomic E-state index is 9.18. The Kier molecular flexibility index (Phi) is 4.37. The predicted octanol–water partition coefficient (Wildman–Crippen LogP) is 3.80. The van der Waals surface area contributed by atoms with Crippen LogP contribution in [0.25, 0.3) is 27.8 Å². The van der Waals surface area contributed by atoms with E-state index in [1.807, 2.05) is 18.2 Å². The zero-order chi connectivity index (χ0) is 17.9. The number of hydrogen-bond donors (Lipinski definition) is 2. The smallest absolute Gasteiger partial charge is 0.150 e. The highest BCUT2D eigenvalue weighted by Gasteiger charge is 2.17. The van der Waals surface area contributed by atoms with Crippen LogP contribution in [0.5, 0.6) is 0 Å². The summed E-state index contributed by atoms with van der Waals surface area (Å²) in [6, 6.07) is 18.6.